The van der Waals surface area contributed by atoms with Crippen LogP contribution in [0.15, 0.2) is 43.0 Å². The lowest BCUT2D eigenvalue weighted by Gasteiger charge is -2.16. The van der Waals surface area contributed by atoms with Crippen LogP contribution in [-0.2, 0) is 16.8 Å². The lowest BCUT2D eigenvalue weighted by atomic mass is 9.96. The van der Waals surface area contributed by atoms with Crippen LogP contribution in [0.1, 0.15) is 24.8 Å². The number of carbonyl (C=O) groups is 1. The molecule has 0 atom stereocenters. The van der Waals surface area contributed by atoms with Gasteiger partial charge in [0.05, 0.1) is 6.33 Å². The SMILES string of the molecule is Nc1ncnc2c1ncn2CCC(=O)NCC1(c2ccccc2)CC1. The number of nitrogens with one attached hydrogen (secondary N) is 1. The Kier molecular flexibility index (Phi) is 3.83. The number of hydrogen-bond donors (Lipinski definition) is 2. The number of aromatic nitrogens is 4. The fourth-order valence-corrected chi connectivity index (χ4v) is 3.15. The Hall–Kier alpha value is -2.96. The maximum Gasteiger partial charge on any atom is 0.221 e. The highest BCUT2D eigenvalue weighted by Gasteiger charge is 2.44. The van der Waals surface area contributed by atoms with Crippen LogP contribution in [0.5, 0.6) is 0 Å². The van der Waals surface area contributed by atoms with Crippen molar-refractivity contribution in [1.82, 2.24) is 24.8 Å². The molecule has 1 saturated carbocycles. The summed E-state index contributed by atoms with van der Waals surface area (Å²) >= 11 is 0. The van der Waals surface area contributed by atoms with Gasteiger partial charge in [0.2, 0.25) is 5.91 Å². The number of rotatable bonds is 6. The molecule has 1 aliphatic rings. The summed E-state index contributed by atoms with van der Waals surface area (Å²) in [6, 6.07) is 10.4. The van der Waals surface area contributed by atoms with E-state index in [0.717, 1.165) is 12.8 Å². The zero-order valence-electron chi connectivity index (χ0n) is 13.9. The predicted molar refractivity (Wildman–Crippen MR) is 94.7 cm³/mol. The fraction of sp³-hybridized carbons (Fsp3) is 0.333. The highest BCUT2D eigenvalue weighted by atomic mass is 16.1. The Labute approximate surface area is 145 Å². The fourth-order valence-electron chi connectivity index (χ4n) is 3.15. The number of nitrogens with zero attached hydrogens (tertiary/aromatic N) is 4. The molecule has 3 aromatic rings. The third-order valence-electron chi connectivity index (χ3n) is 4.87. The molecule has 7 nitrogen and oxygen atoms in total. The standard InChI is InChI=1S/C18H20N6O/c19-16-15-17(22-11-21-16)24(12-23-15)9-6-14(25)20-10-18(7-8-18)13-4-2-1-3-5-13/h1-5,11-12H,6-10H2,(H,20,25)(H2,19,21,22). The molecule has 128 valence electrons. The molecule has 2 heterocycles. The summed E-state index contributed by atoms with van der Waals surface area (Å²) in [5.41, 5.74) is 8.44. The van der Waals surface area contributed by atoms with Gasteiger partial charge in [0.1, 0.15) is 11.8 Å². The number of imidazole rings is 1. The lowest BCUT2D eigenvalue weighted by Crippen LogP contribution is -2.32. The summed E-state index contributed by atoms with van der Waals surface area (Å²) in [5.74, 6) is 0.387. The Bertz CT molecular complexity index is 900. The molecule has 0 unspecified atom stereocenters. The van der Waals surface area contributed by atoms with Gasteiger partial charge in [-0.3, -0.25) is 4.79 Å². The number of carbonyl (C=O) groups excluding carboxylic acids is 1. The van der Waals surface area contributed by atoms with Crippen molar-refractivity contribution in [3.63, 3.8) is 0 Å². The predicted octanol–water partition coefficient (Wildman–Crippen LogP) is 1.65. The van der Waals surface area contributed by atoms with E-state index in [4.69, 9.17) is 5.73 Å². The molecule has 0 spiro atoms. The second-order valence-electron chi connectivity index (χ2n) is 6.54. The monoisotopic (exact) mass is 336 g/mol. The molecule has 1 fully saturated rings. The van der Waals surface area contributed by atoms with E-state index in [1.54, 1.807) is 6.33 Å². The molecule has 4 rings (SSSR count). The number of benzene rings is 1. The first-order chi connectivity index (χ1) is 12.2. The summed E-state index contributed by atoms with van der Waals surface area (Å²) < 4.78 is 1.83. The van der Waals surface area contributed by atoms with Crippen LogP contribution < -0.4 is 11.1 Å². The van der Waals surface area contributed by atoms with Crippen LogP contribution in [-0.4, -0.2) is 32.0 Å². The van der Waals surface area contributed by atoms with Crippen LogP contribution in [0.2, 0.25) is 0 Å². The van der Waals surface area contributed by atoms with Gasteiger partial charge in [-0.1, -0.05) is 30.3 Å². The van der Waals surface area contributed by atoms with Gasteiger partial charge in [-0.15, -0.1) is 0 Å². The minimum absolute atomic E-state index is 0.0334. The van der Waals surface area contributed by atoms with E-state index in [0.29, 0.717) is 36.5 Å². The van der Waals surface area contributed by atoms with Gasteiger partial charge in [0.25, 0.3) is 0 Å². The molecule has 0 aliphatic heterocycles. The molecule has 1 aromatic carbocycles. The van der Waals surface area contributed by atoms with Gasteiger partial charge in [-0.05, 0) is 18.4 Å². The number of fused-ring (bicyclic) bond motifs is 1. The largest absolute Gasteiger partial charge is 0.382 e. The Morgan fingerprint density at radius 3 is 2.76 bits per heavy atom. The molecule has 2 aromatic heterocycles. The summed E-state index contributed by atoms with van der Waals surface area (Å²) in [7, 11) is 0. The van der Waals surface area contributed by atoms with Crippen molar-refractivity contribution in [3.05, 3.63) is 48.5 Å². The van der Waals surface area contributed by atoms with Gasteiger partial charge in [-0.25, -0.2) is 15.0 Å². The van der Waals surface area contributed by atoms with Crippen molar-refractivity contribution in [2.45, 2.75) is 31.2 Å². The summed E-state index contributed by atoms with van der Waals surface area (Å²) in [6.07, 6.45) is 5.68. The Balaban J connectivity index is 1.34. The van der Waals surface area contributed by atoms with E-state index in [1.807, 2.05) is 10.6 Å². The van der Waals surface area contributed by atoms with Crippen LogP contribution >= 0.6 is 0 Å². The number of aryl methyl sites for hydroxylation is 1. The normalized spacial score (nSPS) is 15.2. The first-order valence-corrected chi connectivity index (χ1v) is 8.41. The van der Waals surface area contributed by atoms with Crippen LogP contribution in [0, 0.1) is 0 Å². The number of amides is 1. The first kappa shape index (κ1) is 15.6. The zero-order valence-corrected chi connectivity index (χ0v) is 13.9. The van der Waals surface area contributed by atoms with E-state index in [2.05, 4.69) is 44.5 Å². The smallest absolute Gasteiger partial charge is 0.221 e. The lowest BCUT2D eigenvalue weighted by molar-refractivity contribution is -0.121. The van der Waals surface area contributed by atoms with Crippen LogP contribution in [0.4, 0.5) is 5.82 Å². The third kappa shape index (κ3) is 3.05. The molecular weight excluding hydrogens is 316 g/mol. The van der Waals surface area contributed by atoms with E-state index in [-0.39, 0.29) is 11.3 Å². The van der Waals surface area contributed by atoms with Crippen LogP contribution in [0.25, 0.3) is 11.2 Å². The van der Waals surface area contributed by atoms with Crippen molar-refractivity contribution in [2.75, 3.05) is 12.3 Å². The molecule has 25 heavy (non-hydrogen) atoms. The topological polar surface area (TPSA) is 98.7 Å². The van der Waals surface area contributed by atoms with E-state index in [9.17, 15) is 4.79 Å². The number of hydrogen-bond acceptors (Lipinski definition) is 5. The summed E-state index contributed by atoms with van der Waals surface area (Å²) in [4.78, 5) is 24.6. The van der Waals surface area contributed by atoms with E-state index < -0.39 is 0 Å². The van der Waals surface area contributed by atoms with E-state index >= 15 is 0 Å². The second kappa shape index (κ2) is 6.16. The van der Waals surface area contributed by atoms with Crippen molar-refractivity contribution in [3.8, 4) is 0 Å². The number of nitrogen functional groups attached to an aromatic ring is 1. The molecular formula is C18H20N6O. The second-order valence-corrected chi connectivity index (χ2v) is 6.54. The van der Waals surface area contributed by atoms with Gasteiger partial charge >= 0.3 is 0 Å². The molecule has 0 saturated heterocycles. The Morgan fingerprint density at radius 2 is 2.00 bits per heavy atom. The zero-order chi connectivity index (χ0) is 17.3. The molecule has 0 bridgehead atoms. The minimum Gasteiger partial charge on any atom is -0.382 e. The van der Waals surface area contributed by atoms with Gasteiger partial charge in [0, 0.05) is 24.9 Å². The third-order valence-corrected chi connectivity index (χ3v) is 4.87. The molecule has 1 amide bonds. The average Bonchev–Trinajstić information content (AvgIpc) is 3.32. The maximum absolute atomic E-state index is 12.2. The summed E-state index contributed by atoms with van der Waals surface area (Å²) in [6.45, 7) is 1.20. The van der Waals surface area contributed by atoms with Gasteiger partial charge in [0.15, 0.2) is 11.5 Å². The number of nitrogens with two attached hydrogens (primary N) is 1. The minimum atomic E-state index is 0.0334. The quantitative estimate of drug-likeness (QED) is 0.713. The van der Waals surface area contributed by atoms with Crippen molar-refractivity contribution in [1.29, 1.82) is 0 Å². The highest BCUT2D eigenvalue weighted by molar-refractivity contribution is 5.81. The maximum atomic E-state index is 12.2. The van der Waals surface area contributed by atoms with Crippen LogP contribution in [0.3, 0.4) is 0 Å². The average molecular weight is 336 g/mol. The highest BCUT2D eigenvalue weighted by Crippen LogP contribution is 2.47. The molecule has 3 N–H and O–H groups in total. The molecule has 0 radical (unpaired) electrons. The molecule has 1 aliphatic carbocycles. The first-order valence-electron chi connectivity index (χ1n) is 8.41. The molecule has 7 heteroatoms. The van der Waals surface area contributed by atoms with E-state index in [1.165, 1.54) is 11.9 Å². The van der Waals surface area contributed by atoms with Gasteiger partial charge in [-0.2, -0.15) is 0 Å². The summed E-state index contributed by atoms with van der Waals surface area (Å²) in [5, 5.41) is 3.08. The van der Waals surface area contributed by atoms with Crippen molar-refractivity contribution >= 4 is 22.9 Å². The number of anilines is 1. The Morgan fingerprint density at radius 1 is 1.20 bits per heavy atom. The van der Waals surface area contributed by atoms with Crippen molar-refractivity contribution < 1.29 is 4.79 Å². The van der Waals surface area contributed by atoms with Gasteiger partial charge < -0.3 is 15.6 Å². The van der Waals surface area contributed by atoms with Crippen molar-refractivity contribution in [2.24, 2.45) is 0 Å².